The van der Waals surface area contributed by atoms with Crippen LogP contribution >= 0.6 is 15.9 Å². The molecular weight excluding hydrogens is 218 g/mol. The highest BCUT2D eigenvalue weighted by Crippen LogP contribution is 2.22. The maximum Gasteiger partial charge on any atom is 0.0624 e. The lowest BCUT2D eigenvalue weighted by atomic mass is 10.1. The Bertz CT molecular complexity index is 275. The molecule has 0 aliphatic carbocycles. The highest BCUT2D eigenvalue weighted by Gasteiger charge is 2.07. The fraction of sp³-hybridized carbons (Fsp3) is 0.333. The summed E-state index contributed by atoms with van der Waals surface area (Å²) in [5.41, 5.74) is 7.79. The molecule has 0 aliphatic heterocycles. The van der Waals surface area contributed by atoms with Crippen LogP contribution in [0.25, 0.3) is 0 Å². The zero-order chi connectivity index (χ0) is 9.14. The van der Waals surface area contributed by atoms with Crippen LogP contribution in [0, 0.1) is 6.92 Å². The van der Waals surface area contributed by atoms with Crippen molar-refractivity contribution >= 4 is 15.9 Å². The first kappa shape index (κ1) is 9.71. The third kappa shape index (κ3) is 2.06. The van der Waals surface area contributed by atoms with Crippen LogP contribution < -0.4 is 5.73 Å². The minimum atomic E-state index is -0.292. The average Bonchev–Trinajstić information content (AvgIpc) is 2.03. The smallest absolute Gasteiger partial charge is 0.0624 e. The van der Waals surface area contributed by atoms with Crippen molar-refractivity contribution in [2.24, 2.45) is 5.73 Å². The van der Waals surface area contributed by atoms with Gasteiger partial charge in [0.05, 0.1) is 12.6 Å². The average molecular weight is 230 g/mol. The number of aliphatic hydroxyl groups excluding tert-OH is 1. The molecule has 0 saturated heterocycles. The van der Waals surface area contributed by atoms with Crippen molar-refractivity contribution in [1.29, 1.82) is 0 Å². The predicted octanol–water partition coefficient (Wildman–Crippen LogP) is 1.75. The molecule has 1 atom stereocenters. The molecule has 0 fully saturated rings. The van der Waals surface area contributed by atoms with Gasteiger partial charge in [-0.3, -0.25) is 0 Å². The number of hydrogen-bond donors (Lipinski definition) is 2. The third-order valence-corrected chi connectivity index (χ3v) is 2.44. The molecule has 66 valence electrons. The molecule has 0 radical (unpaired) electrons. The first-order chi connectivity index (χ1) is 5.65. The number of rotatable bonds is 2. The Labute approximate surface area is 80.5 Å². The number of aryl methyl sites for hydroxylation is 1. The highest BCUT2D eigenvalue weighted by atomic mass is 79.9. The summed E-state index contributed by atoms with van der Waals surface area (Å²) in [5, 5.41) is 8.84. The van der Waals surface area contributed by atoms with Gasteiger partial charge in [0.25, 0.3) is 0 Å². The lowest BCUT2D eigenvalue weighted by molar-refractivity contribution is 0.267. The quantitative estimate of drug-likeness (QED) is 0.812. The van der Waals surface area contributed by atoms with Crippen LogP contribution in [0.1, 0.15) is 17.2 Å². The molecule has 0 saturated carbocycles. The molecule has 1 aromatic rings. The standard InChI is InChI=1S/C9H12BrNO/c1-6-2-3-7(8(10)4-6)9(11)5-12/h2-4,9,12H,5,11H2,1H3/t9-/m0/s1. The van der Waals surface area contributed by atoms with E-state index >= 15 is 0 Å². The van der Waals surface area contributed by atoms with Gasteiger partial charge in [-0.2, -0.15) is 0 Å². The second kappa shape index (κ2) is 4.03. The van der Waals surface area contributed by atoms with Gasteiger partial charge in [-0.05, 0) is 24.1 Å². The zero-order valence-corrected chi connectivity index (χ0v) is 8.51. The second-order valence-electron chi connectivity index (χ2n) is 2.81. The molecule has 0 heterocycles. The summed E-state index contributed by atoms with van der Waals surface area (Å²) in [5.74, 6) is 0. The predicted molar refractivity (Wildman–Crippen MR) is 52.9 cm³/mol. The highest BCUT2D eigenvalue weighted by molar-refractivity contribution is 9.10. The lowest BCUT2D eigenvalue weighted by Gasteiger charge is -2.10. The molecule has 12 heavy (non-hydrogen) atoms. The normalized spacial score (nSPS) is 13.0. The molecule has 1 aromatic carbocycles. The van der Waals surface area contributed by atoms with Gasteiger partial charge >= 0.3 is 0 Å². The van der Waals surface area contributed by atoms with Crippen molar-refractivity contribution in [3.8, 4) is 0 Å². The molecule has 1 rings (SSSR count). The number of halogens is 1. The van der Waals surface area contributed by atoms with E-state index in [2.05, 4.69) is 15.9 Å². The van der Waals surface area contributed by atoms with Crippen LogP contribution in [0.4, 0.5) is 0 Å². The van der Waals surface area contributed by atoms with E-state index < -0.39 is 0 Å². The van der Waals surface area contributed by atoms with Crippen LogP contribution in [0.15, 0.2) is 22.7 Å². The Hall–Kier alpha value is -0.380. The maximum absolute atomic E-state index is 8.84. The minimum absolute atomic E-state index is 0.0261. The van der Waals surface area contributed by atoms with E-state index in [0.29, 0.717) is 0 Å². The Morgan fingerprint density at radius 3 is 2.75 bits per heavy atom. The molecule has 3 heteroatoms. The van der Waals surface area contributed by atoms with Crippen LogP contribution in [-0.2, 0) is 0 Å². The van der Waals surface area contributed by atoms with Gasteiger partial charge in [0.1, 0.15) is 0 Å². The van der Waals surface area contributed by atoms with Gasteiger partial charge in [-0.15, -0.1) is 0 Å². The Kier molecular flexibility index (Phi) is 3.26. The molecule has 0 amide bonds. The van der Waals surface area contributed by atoms with E-state index in [0.717, 1.165) is 10.0 Å². The van der Waals surface area contributed by atoms with Gasteiger partial charge in [0, 0.05) is 4.47 Å². The molecular formula is C9H12BrNO. The minimum Gasteiger partial charge on any atom is -0.394 e. The van der Waals surface area contributed by atoms with Crippen LogP contribution in [0.3, 0.4) is 0 Å². The van der Waals surface area contributed by atoms with E-state index in [1.54, 1.807) is 0 Å². The van der Waals surface area contributed by atoms with Crippen molar-refractivity contribution in [1.82, 2.24) is 0 Å². The Morgan fingerprint density at radius 2 is 2.25 bits per heavy atom. The van der Waals surface area contributed by atoms with E-state index in [9.17, 15) is 0 Å². The number of nitrogens with two attached hydrogens (primary N) is 1. The van der Waals surface area contributed by atoms with Crippen molar-refractivity contribution < 1.29 is 5.11 Å². The maximum atomic E-state index is 8.84. The van der Waals surface area contributed by atoms with E-state index in [-0.39, 0.29) is 12.6 Å². The first-order valence-corrected chi connectivity index (χ1v) is 4.57. The van der Waals surface area contributed by atoms with Crippen molar-refractivity contribution in [2.45, 2.75) is 13.0 Å². The van der Waals surface area contributed by atoms with E-state index in [1.165, 1.54) is 5.56 Å². The Morgan fingerprint density at radius 1 is 1.58 bits per heavy atom. The molecule has 0 unspecified atom stereocenters. The summed E-state index contributed by atoms with van der Waals surface area (Å²) in [6.45, 7) is 1.99. The summed E-state index contributed by atoms with van der Waals surface area (Å²) in [4.78, 5) is 0. The van der Waals surface area contributed by atoms with Crippen LogP contribution in [0.5, 0.6) is 0 Å². The first-order valence-electron chi connectivity index (χ1n) is 3.77. The van der Waals surface area contributed by atoms with Gasteiger partial charge < -0.3 is 10.8 Å². The fourth-order valence-corrected chi connectivity index (χ4v) is 1.82. The summed E-state index contributed by atoms with van der Waals surface area (Å²) >= 11 is 3.40. The van der Waals surface area contributed by atoms with Gasteiger partial charge in [-0.25, -0.2) is 0 Å². The largest absolute Gasteiger partial charge is 0.394 e. The van der Waals surface area contributed by atoms with Crippen LogP contribution in [0.2, 0.25) is 0 Å². The zero-order valence-electron chi connectivity index (χ0n) is 6.92. The van der Waals surface area contributed by atoms with Crippen molar-refractivity contribution in [2.75, 3.05) is 6.61 Å². The monoisotopic (exact) mass is 229 g/mol. The summed E-state index contributed by atoms with van der Waals surface area (Å²) < 4.78 is 0.962. The third-order valence-electron chi connectivity index (χ3n) is 1.75. The summed E-state index contributed by atoms with van der Waals surface area (Å²) in [6.07, 6.45) is 0. The van der Waals surface area contributed by atoms with Crippen molar-refractivity contribution in [3.63, 3.8) is 0 Å². The van der Waals surface area contributed by atoms with Gasteiger partial charge in [0.15, 0.2) is 0 Å². The van der Waals surface area contributed by atoms with Crippen molar-refractivity contribution in [3.05, 3.63) is 33.8 Å². The number of aliphatic hydroxyl groups is 1. The molecule has 2 nitrogen and oxygen atoms in total. The van der Waals surface area contributed by atoms with Gasteiger partial charge in [0.2, 0.25) is 0 Å². The van der Waals surface area contributed by atoms with Crippen LogP contribution in [-0.4, -0.2) is 11.7 Å². The lowest BCUT2D eigenvalue weighted by Crippen LogP contribution is -2.14. The molecule has 0 aliphatic rings. The molecule has 0 bridgehead atoms. The van der Waals surface area contributed by atoms with Gasteiger partial charge in [-0.1, -0.05) is 28.1 Å². The SMILES string of the molecule is Cc1ccc([C@@H](N)CO)c(Br)c1. The summed E-state index contributed by atoms with van der Waals surface area (Å²) in [7, 11) is 0. The summed E-state index contributed by atoms with van der Waals surface area (Å²) in [6, 6.07) is 5.61. The van der Waals surface area contributed by atoms with E-state index in [1.807, 2.05) is 25.1 Å². The molecule has 3 N–H and O–H groups in total. The topological polar surface area (TPSA) is 46.2 Å². The fourth-order valence-electron chi connectivity index (χ4n) is 1.03. The Balaban J connectivity index is 3.01. The molecule has 0 spiro atoms. The molecule has 0 aromatic heterocycles. The number of benzene rings is 1. The number of hydrogen-bond acceptors (Lipinski definition) is 2. The van der Waals surface area contributed by atoms with E-state index in [4.69, 9.17) is 10.8 Å². The second-order valence-corrected chi connectivity index (χ2v) is 3.67.